The lowest BCUT2D eigenvalue weighted by Crippen LogP contribution is -2.67. The molecule has 2 amide bonds. The van der Waals surface area contributed by atoms with E-state index in [1.165, 1.54) is 96.0 Å². The standard InChI is InChI=1S/C80H143N2O17P/c1-11-19-23-27-30-33-34-35-36-37-38-40-42-46-50-54-71(84)81-74-78(92-61-55-68(89-10)53-49-44-26-22-14-4)76(99-100(87,95-58-17-7)96-59-18-8)70(65-88-9)97-79(74)94-64-66-62-69(90-56-15-5)73(82-72(85)63-67(83)52-48-45-41-39-31-28-24-20-12-2)77(75(66)98-80(86)93-57-16-6)91-60-51-47-43-32-29-25-21-13-3/h15-18,33-34,56,66,68-70,73-79H,6-8,11-14,19-32,35-55,57-65H2,1-5,9-10H3,(H,81,84)(H,82,85)/b34-33-,56-15-/t66?,68-,69+,70-,73+,74-,75-,76-,77?,78-,79-/m1/s1. The number of phosphoric ester groups is 1. The molecule has 0 radical (unpaired) electrons. The average molecular weight is 1440 g/mol. The fourth-order valence-electron chi connectivity index (χ4n) is 13.0. The van der Waals surface area contributed by atoms with Crippen LogP contribution in [0, 0.1) is 5.92 Å². The maximum Gasteiger partial charge on any atom is 0.508 e. The Morgan fingerprint density at radius 1 is 0.540 bits per heavy atom. The minimum Gasteiger partial charge on any atom is -0.496 e. The molecule has 2 aliphatic rings. The van der Waals surface area contributed by atoms with Crippen LogP contribution in [0.3, 0.4) is 0 Å². The van der Waals surface area contributed by atoms with Crippen molar-refractivity contribution in [1.82, 2.24) is 10.6 Å². The van der Waals surface area contributed by atoms with Crippen LogP contribution in [0.2, 0.25) is 0 Å². The molecule has 2 unspecified atom stereocenters. The van der Waals surface area contributed by atoms with Crippen molar-refractivity contribution in [3.05, 3.63) is 62.5 Å². The molecular weight excluding hydrogens is 1290 g/mol. The smallest absolute Gasteiger partial charge is 0.496 e. The van der Waals surface area contributed by atoms with Crippen molar-refractivity contribution in [1.29, 1.82) is 0 Å². The molecule has 2 fully saturated rings. The van der Waals surface area contributed by atoms with Gasteiger partial charge in [0.1, 0.15) is 55.1 Å². The van der Waals surface area contributed by atoms with Crippen molar-refractivity contribution in [2.75, 3.05) is 60.5 Å². The summed E-state index contributed by atoms with van der Waals surface area (Å²) < 4.78 is 90.9. The molecule has 19 nitrogen and oxygen atoms in total. The zero-order chi connectivity index (χ0) is 73.0. The number of hydrogen-bond acceptors (Lipinski definition) is 17. The molecule has 0 spiro atoms. The van der Waals surface area contributed by atoms with Gasteiger partial charge in [0.25, 0.3) is 0 Å². The van der Waals surface area contributed by atoms with E-state index in [1.54, 1.807) is 19.4 Å². The summed E-state index contributed by atoms with van der Waals surface area (Å²) in [5.74, 6) is -1.70. The summed E-state index contributed by atoms with van der Waals surface area (Å²) in [5, 5.41) is 6.38. The quantitative estimate of drug-likeness (QED) is 0.0144. The Morgan fingerprint density at radius 2 is 1.04 bits per heavy atom. The van der Waals surface area contributed by atoms with Crippen LogP contribution in [0.4, 0.5) is 4.79 Å². The summed E-state index contributed by atoms with van der Waals surface area (Å²) in [6, 6.07) is -2.05. The Balaban J connectivity index is 2.74. The van der Waals surface area contributed by atoms with Crippen molar-refractivity contribution < 1.29 is 79.9 Å². The molecule has 0 bridgehead atoms. The number of rotatable bonds is 68. The van der Waals surface area contributed by atoms with Crippen LogP contribution in [-0.4, -0.2) is 145 Å². The highest BCUT2D eigenvalue weighted by atomic mass is 31.2. The second kappa shape index (κ2) is 62.6. The van der Waals surface area contributed by atoms with Gasteiger partial charge in [0.05, 0.1) is 51.3 Å². The minimum atomic E-state index is -4.47. The molecular formula is C80H143N2O17P. The Hall–Kier alpha value is -3.75. The highest BCUT2D eigenvalue weighted by Gasteiger charge is 2.54. The summed E-state index contributed by atoms with van der Waals surface area (Å²) in [4.78, 5) is 56.4. The highest BCUT2D eigenvalue weighted by Crippen LogP contribution is 2.53. The topological polar surface area (TPSA) is 220 Å². The van der Waals surface area contributed by atoms with Crippen molar-refractivity contribution in [2.45, 2.75) is 359 Å². The Labute approximate surface area is 607 Å². The lowest BCUT2D eigenvalue weighted by molar-refractivity contribution is -0.282. The van der Waals surface area contributed by atoms with Gasteiger partial charge < -0.3 is 53.3 Å². The number of Topliss-reactive ketones (excluding diaryl/α,β-unsaturated/α-hetero) is 1. The summed E-state index contributed by atoms with van der Waals surface area (Å²) in [6.07, 6.45) is 43.0. The van der Waals surface area contributed by atoms with Crippen LogP contribution >= 0.6 is 7.82 Å². The van der Waals surface area contributed by atoms with E-state index >= 15 is 0 Å². The second-order valence-corrected chi connectivity index (χ2v) is 29.0. The summed E-state index contributed by atoms with van der Waals surface area (Å²) in [5.41, 5.74) is 0. The lowest BCUT2D eigenvalue weighted by Gasteiger charge is -2.48. The first kappa shape index (κ1) is 92.3. The molecule has 0 aromatic carbocycles. The molecule has 1 aliphatic carbocycles. The molecule has 11 atom stereocenters. The van der Waals surface area contributed by atoms with Gasteiger partial charge in [-0.3, -0.25) is 28.0 Å². The first-order valence-electron chi connectivity index (χ1n) is 39.6. The molecule has 1 saturated heterocycles. The number of unbranched alkanes of at least 4 members (excludes halogenated alkanes) is 30. The van der Waals surface area contributed by atoms with Gasteiger partial charge in [-0.25, -0.2) is 9.36 Å². The molecule has 0 aromatic rings. The third-order valence-electron chi connectivity index (χ3n) is 18.7. The van der Waals surface area contributed by atoms with Gasteiger partial charge in [0.15, 0.2) is 6.29 Å². The van der Waals surface area contributed by atoms with Crippen molar-refractivity contribution >= 4 is 31.6 Å². The molecule has 1 saturated carbocycles. The number of allylic oxidation sites excluding steroid dienone is 3. The van der Waals surface area contributed by atoms with E-state index in [0.717, 1.165) is 141 Å². The minimum absolute atomic E-state index is 0.121. The maximum absolute atomic E-state index is 14.8. The lowest BCUT2D eigenvalue weighted by atomic mass is 9.79. The van der Waals surface area contributed by atoms with E-state index in [1.807, 2.05) is 6.92 Å². The molecule has 0 aromatic heterocycles. The monoisotopic (exact) mass is 1440 g/mol. The average Bonchev–Trinajstić information content (AvgIpc) is 0.784. The SMILES string of the molecule is C=CCOC(=O)O[C@@H]1C(CO[C@@H]2O[C@H](COC)[C@@H](OP(=O)(OCC=C)OCC=C)[C@H](OCC[C@@H](CCCCCCC)OC)[C@H]2NC(=O)CCCCCCCCC/C=C\CCCCCC)C[C@H](O/C=C\C)[C@H](NC(=O)CC(=O)CCCCCCCCCCC)C1OCCCCCCCCCC. The van der Waals surface area contributed by atoms with Crippen LogP contribution in [0.25, 0.3) is 0 Å². The number of carbonyl (C=O) groups is 4. The van der Waals surface area contributed by atoms with E-state index < -0.39 is 80.8 Å². The van der Waals surface area contributed by atoms with Crippen LogP contribution in [-0.2, 0) is 75.2 Å². The molecule has 1 heterocycles. The van der Waals surface area contributed by atoms with E-state index in [9.17, 15) is 23.7 Å². The number of hydrogen-bond donors (Lipinski definition) is 2. The highest BCUT2D eigenvalue weighted by molar-refractivity contribution is 7.48. The molecule has 2 rings (SSSR count). The predicted octanol–water partition coefficient (Wildman–Crippen LogP) is 19.5. The van der Waals surface area contributed by atoms with Gasteiger partial charge in [0, 0.05) is 46.2 Å². The molecule has 20 heteroatoms. The molecule has 580 valence electrons. The van der Waals surface area contributed by atoms with Gasteiger partial charge in [-0.1, -0.05) is 251 Å². The third-order valence-corrected chi connectivity index (χ3v) is 20.1. The fraction of sp³-hybridized carbons (Fsp3) is 0.825. The molecule has 2 N–H and O–H groups in total. The van der Waals surface area contributed by atoms with E-state index in [4.69, 9.17) is 56.2 Å². The van der Waals surface area contributed by atoms with Crippen molar-refractivity contribution in [3.63, 3.8) is 0 Å². The number of nitrogens with one attached hydrogen (secondary N) is 2. The Kier molecular flexibility index (Phi) is 57.8. The van der Waals surface area contributed by atoms with E-state index in [0.29, 0.717) is 25.7 Å². The van der Waals surface area contributed by atoms with E-state index in [-0.39, 0.29) is 89.7 Å². The van der Waals surface area contributed by atoms with Crippen LogP contribution in [0.15, 0.2) is 62.5 Å². The Morgan fingerprint density at radius 3 is 1.59 bits per heavy atom. The van der Waals surface area contributed by atoms with E-state index in [2.05, 4.69) is 70.2 Å². The Bertz CT molecular complexity index is 2170. The third kappa shape index (κ3) is 43.5. The summed E-state index contributed by atoms with van der Waals surface area (Å²) >= 11 is 0. The first-order valence-corrected chi connectivity index (χ1v) is 41.1. The van der Waals surface area contributed by atoms with Gasteiger partial charge in [-0.2, -0.15) is 0 Å². The van der Waals surface area contributed by atoms with Gasteiger partial charge in [-0.15, -0.1) is 13.2 Å². The van der Waals surface area contributed by atoms with Crippen LogP contribution in [0.5, 0.6) is 0 Å². The van der Waals surface area contributed by atoms with Crippen molar-refractivity contribution in [2.24, 2.45) is 5.92 Å². The first-order chi connectivity index (χ1) is 48.8. The number of ketones is 1. The maximum atomic E-state index is 14.8. The summed E-state index contributed by atoms with van der Waals surface area (Å²) in [7, 11) is -1.28. The largest absolute Gasteiger partial charge is 0.508 e. The summed E-state index contributed by atoms with van der Waals surface area (Å²) in [6.45, 7) is 21.5. The van der Waals surface area contributed by atoms with Crippen molar-refractivity contribution in [3.8, 4) is 0 Å². The second-order valence-electron chi connectivity index (χ2n) is 27.4. The zero-order valence-corrected chi connectivity index (χ0v) is 64.7. The number of phosphoric acid groups is 1. The predicted molar refractivity (Wildman–Crippen MR) is 401 cm³/mol. The number of methoxy groups -OCH3 is 2. The zero-order valence-electron chi connectivity index (χ0n) is 63.8. The van der Waals surface area contributed by atoms with Crippen LogP contribution < -0.4 is 10.6 Å². The number of amides is 2. The fourth-order valence-corrected chi connectivity index (χ4v) is 14.4. The van der Waals surface area contributed by atoms with Gasteiger partial charge >= 0.3 is 14.0 Å². The number of carbonyl (C=O) groups excluding carboxylic acids is 4. The molecule has 100 heavy (non-hydrogen) atoms. The number of ether oxygens (including phenoxy) is 9. The van der Waals surface area contributed by atoms with Gasteiger partial charge in [0.2, 0.25) is 11.8 Å². The van der Waals surface area contributed by atoms with Crippen LogP contribution in [0.1, 0.15) is 298 Å². The van der Waals surface area contributed by atoms with Gasteiger partial charge in [-0.05, 0) is 71.1 Å². The molecule has 1 aliphatic heterocycles. The normalized spacial score (nSPS) is 21.3.